The van der Waals surface area contributed by atoms with Crippen LogP contribution >= 0.6 is 25.8 Å². The zero-order chi connectivity index (χ0) is 32.7. The summed E-state index contributed by atoms with van der Waals surface area (Å²) < 4.78 is 50.6. The number of hydrogen-bond donors (Lipinski definition) is 8. The van der Waals surface area contributed by atoms with E-state index in [9.17, 15) is 19.7 Å². The summed E-state index contributed by atoms with van der Waals surface area (Å²) in [4.78, 5) is 35.3. The van der Waals surface area contributed by atoms with E-state index in [4.69, 9.17) is 62.3 Å². The van der Waals surface area contributed by atoms with Crippen molar-refractivity contribution >= 4 is 83.4 Å². The first-order valence-corrected chi connectivity index (χ1v) is 18.5. The smallest absolute Gasteiger partial charge is 0.386 e. The first kappa shape index (κ1) is 31.8. The van der Waals surface area contributed by atoms with E-state index in [1.54, 1.807) is 0 Å². The standard InChI is InChI=1S/C20H26N12O10P2S2/c21-13-7-15(29-19(23)27-13)31(3-25-7)17-9(33)11-5(39-17)1-37-43(35,45)42-12-6(2-38-44(36,46)41-11)40-18(10(12)34)32-4-26-8-14(22)28-20(24)30-16(8)32/h3-6,9-12,17-18,33-34H,1-2H2,(H,35,45)(H,36,46)(H4,21,23,27,29)(H4,22,24,28,30)/t5-,6-,9-,10-,11-,12-,17-,18-,43?,44?/m1/s1. The number of anilines is 4. The molecule has 22 nitrogen and oxygen atoms in total. The molecule has 7 heterocycles. The number of aromatic nitrogens is 8. The molecular weight excluding hydrogens is 694 g/mol. The first-order valence-electron chi connectivity index (χ1n) is 13.2. The van der Waals surface area contributed by atoms with Gasteiger partial charge in [-0.3, -0.25) is 22.7 Å². The Morgan fingerprint density at radius 1 is 0.804 bits per heavy atom. The van der Waals surface area contributed by atoms with Gasteiger partial charge in [-0.15, -0.1) is 0 Å². The number of nitrogens with zero attached hydrogens (tertiary/aromatic N) is 8. The van der Waals surface area contributed by atoms with E-state index in [1.807, 2.05) is 0 Å². The van der Waals surface area contributed by atoms with Crippen molar-refractivity contribution in [2.24, 2.45) is 0 Å². The average molecular weight is 721 g/mol. The molecule has 0 bridgehead atoms. The molecule has 3 aliphatic heterocycles. The van der Waals surface area contributed by atoms with E-state index >= 15 is 0 Å². The van der Waals surface area contributed by atoms with Gasteiger partial charge in [-0.1, -0.05) is 12.2 Å². The highest BCUT2D eigenvalue weighted by molar-refractivity contribution is 8.44. The maximum absolute atomic E-state index is 13.5. The summed E-state index contributed by atoms with van der Waals surface area (Å²) in [5, 5.41) is 22.6. The molecule has 7 rings (SSSR count). The number of thiol groups is 1. The van der Waals surface area contributed by atoms with Crippen LogP contribution in [-0.2, 0) is 43.9 Å². The lowest BCUT2D eigenvalue weighted by Crippen LogP contribution is -2.38. The fraction of sp³-hybridized carbons (Fsp3) is 0.500. The summed E-state index contributed by atoms with van der Waals surface area (Å²) in [6.45, 7) is -9.58. The zero-order valence-corrected chi connectivity index (χ0v) is 26.5. The molecule has 0 amide bonds. The van der Waals surface area contributed by atoms with Crippen molar-refractivity contribution in [1.82, 2.24) is 39.0 Å². The van der Waals surface area contributed by atoms with Crippen LogP contribution in [0.5, 0.6) is 0 Å². The summed E-state index contributed by atoms with van der Waals surface area (Å²) in [6.07, 6.45) is -8.29. The van der Waals surface area contributed by atoms with Gasteiger partial charge in [0.1, 0.15) is 47.7 Å². The molecule has 0 spiro atoms. The normalized spacial score (nSPS) is 37.1. The van der Waals surface area contributed by atoms with E-state index in [1.165, 1.54) is 21.8 Å². The topological polar surface area (TPSA) is 324 Å². The summed E-state index contributed by atoms with van der Waals surface area (Å²) in [5.41, 5.74) is 23.9. The van der Waals surface area contributed by atoms with Gasteiger partial charge in [0, 0.05) is 0 Å². The van der Waals surface area contributed by atoms with Crippen LogP contribution in [0, 0.1) is 0 Å². The molecule has 0 aromatic carbocycles. The molecule has 46 heavy (non-hydrogen) atoms. The second-order valence-corrected chi connectivity index (χ2v) is 16.0. The largest absolute Gasteiger partial charge is 0.386 e. The fourth-order valence-corrected chi connectivity index (χ4v) is 8.35. The van der Waals surface area contributed by atoms with Gasteiger partial charge in [-0.2, -0.15) is 19.9 Å². The molecule has 3 saturated heterocycles. The molecule has 4 aromatic rings. The molecule has 11 N–H and O–H groups in total. The highest BCUT2D eigenvalue weighted by atomic mass is 32.7. The van der Waals surface area contributed by atoms with Crippen LogP contribution in [0.25, 0.3) is 22.3 Å². The minimum Gasteiger partial charge on any atom is -0.386 e. The van der Waals surface area contributed by atoms with Crippen molar-refractivity contribution < 1.29 is 47.2 Å². The number of rotatable bonds is 2. The quantitative estimate of drug-likeness (QED) is 0.0870. The molecule has 4 aromatic heterocycles. The van der Waals surface area contributed by atoms with Crippen LogP contribution in [0.3, 0.4) is 0 Å². The summed E-state index contributed by atoms with van der Waals surface area (Å²) >= 11 is 9.32. The average Bonchev–Trinajstić information content (AvgIpc) is 3.72. The van der Waals surface area contributed by atoms with Gasteiger partial charge in [-0.25, -0.2) is 14.5 Å². The Hall–Kier alpha value is -2.83. The molecule has 248 valence electrons. The second-order valence-electron chi connectivity index (χ2n) is 10.4. The van der Waals surface area contributed by atoms with E-state index < -0.39 is 75.8 Å². The second kappa shape index (κ2) is 11.4. The van der Waals surface area contributed by atoms with Gasteiger partial charge in [0.2, 0.25) is 11.9 Å². The predicted octanol–water partition coefficient (Wildman–Crippen LogP) is -1.42. The zero-order valence-electron chi connectivity index (χ0n) is 23.0. The SMILES string of the molecule is Nc1nc(N)c2ncn([C@@H]3O[C@@H]4COP(O)(=S)O[C@H]5[C@@H](O)[C@H](n6cnc7c(N)nc(N)nc76)O[C@@H]5COP(=O)(S)O[C@H]4[C@H]3O)c2n1. The Balaban J connectivity index is 1.17. The molecule has 2 unspecified atom stereocenters. The van der Waals surface area contributed by atoms with Crippen molar-refractivity contribution in [3.63, 3.8) is 0 Å². The van der Waals surface area contributed by atoms with Crippen molar-refractivity contribution in [2.45, 2.75) is 49.1 Å². The van der Waals surface area contributed by atoms with Crippen molar-refractivity contribution in [2.75, 3.05) is 36.1 Å². The molecule has 0 saturated carbocycles. The van der Waals surface area contributed by atoms with E-state index in [-0.39, 0.29) is 45.9 Å². The molecule has 26 heteroatoms. The van der Waals surface area contributed by atoms with Crippen LogP contribution in [0.2, 0.25) is 0 Å². The number of nitrogen functional groups attached to an aromatic ring is 4. The number of hydrogen-bond acceptors (Lipinski definition) is 20. The van der Waals surface area contributed by atoms with Gasteiger partial charge < -0.3 is 52.0 Å². The Morgan fingerprint density at radius 2 is 1.26 bits per heavy atom. The number of aliphatic hydroxyl groups is 2. The third-order valence-electron chi connectivity index (χ3n) is 7.41. The summed E-state index contributed by atoms with van der Waals surface area (Å²) in [5.74, 6) is -0.326. The number of nitrogens with two attached hydrogens (primary N) is 4. The van der Waals surface area contributed by atoms with Crippen LogP contribution in [0.4, 0.5) is 23.5 Å². The van der Waals surface area contributed by atoms with Crippen molar-refractivity contribution in [3.8, 4) is 0 Å². The Morgan fingerprint density at radius 3 is 1.76 bits per heavy atom. The summed E-state index contributed by atoms with van der Waals surface area (Å²) in [7, 11) is 0. The monoisotopic (exact) mass is 720 g/mol. The third kappa shape index (κ3) is 5.57. The highest BCUT2D eigenvalue weighted by Crippen LogP contribution is 2.58. The lowest BCUT2D eigenvalue weighted by molar-refractivity contribution is -0.0577. The Kier molecular flexibility index (Phi) is 7.87. The molecule has 0 aliphatic carbocycles. The Bertz CT molecular complexity index is 1800. The number of fused-ring (bicyclic) bond motifs is 4. The van der Waals surface area contributed by atoms with E-state index in [0.717, 1.165) is 0 Å². The van der Waals surface area contributed by atoms with E-state index in [0.29, 0.717) is 0 Å². The van der Waals surface area contributed by atoms with Crippen LogP contribution < -0.4 is 22.9 Å². The van der Waals surface area contributed by atoms with Crippen LogP contribution in [-0.4, -0.2) is 104 Å². The van der Waals surface area contributed by atoms with Gasteiger partial charge in [0.25, 0.3) is 0 Å². The van der Waals surface area contributed by atoms with Crippen molar-refractivity contribution in [3.05, 3.63) is 12.7 Å². The van der Waals surface area contributed by atoms with Gasteiger partial charge in [0.05, 0.1) is 25.9 Å². The minimum atomic E-state index is -4.31. The van der Waals surface area contributed by atoms with Gasteiger partial charge in [-0.05, 0) is 11.8 Å². The van der Waals surface area contributed by atoms with E-state index in [2.05, 4.69) is 42.2 Å². The first-order chi connectivity index (χ1) is 21.7. The maximum atomic E-state index is 13.5. The molecule has 0 radical (unpaired) electrons. The maximum Gasteiger partial charge on any atom is 0.386 e. The lowest BCUT2D eigenvalue weighted by atomic mass is 10.1. The number of imidazole rings is 2. The number of aliphatic hydroxyl groups excluding tert-OH is 2. The number of ether oxygens (including phenoxy) is 2. The predicted molar refractivity (Wildman–Crippen MR) is 163 cm³/mol. The molecule has 3 aliphatic rings. The van der Waals surface area contributed by atoms with Gasteiger partial charge >= 0.3 is 13.5 Å². The minimum absolute atomic E-state index is 0.00724. The van der Waals surface area contributed by atoms with Crippen molar-refractivity contribution in [1.29, 1.82) is 0 Å². The molecule has 10 atom stereocenters. The molecule has 3 fully saturated rings. The van der Waals surface area contributed by atoms with Crippen LogP contribution in [0.1, 0.15) is 12.5 Å². The lowest BCUT2D eigenvalue weighted by Gasteiger charge is -2.29. The fourth-order valence-electron chi connectivity index (χ4n) is 5.42. The highest BCUT2D eigenvalue weighted by Gasteiger charge is 2.53. The summed E-state index contributed by atoms with van der Waals surface area (Å²) in [6, 6.07) is 0. The van der Waals surface area contributed by atoms with Gasteiger partial charge in [0.15, 0.2) is 35.4 Å². The van der Waals surface area contributed by atoms with Crippen LogP contribution in [0.15, 0.2) is 12.7 Å². The third-order valence-corrected chi connectivity index (χ3v) is 10.6. The molecular formula is C20H26N12O10P2S2. The Labute approximate surface area is 267 Å².